The minimum atomic E-state index is -0.117. The second-order valence-corrected chi connectivity index (χ2v) is 6.84. The molecule has 2 aromatic carbocycles. The third-order valence-corrected chi connectivity index (χ3v) is 4.73. The third kappa shape index (κ3) is 3.26. The summed E-state index contributed by atoms with van der Waals surface area (Å²) in [5, 5.41) is 3.53. The highest BCUT2D eigenvalue weighted by atomic mass is 32.1. The molecule has 124 valence electrons. The smallest absolute Gasteiger partial charge is 0.257 e. The van der Waals surface area contributed by atoms with Gasteiger partial charge in [0.2, 0.25) is 0 Å². The number of hydrogen-bond acceptors (Lipinski definition) is 4. The van der Waals surface area contributed by atoms with Crippen molar-refractivity contribution in [3.63, 3.8) is 0 Å². The van der Waals surface area contributed by atoms with Crippen LogP contribution in [0.2, 0.25) is 0 Å². The number of amides is 1. The number of aromatic nitrogens is 1. The number of carbonyl (C=O) groups is 1. The van der Waals surface area contributed by atoms with Gasteiger partial charge in [-0.3, -0.25) is 10.1 Å². The molecular formula is C19H20N2O2S. The molecule has 1 amide bonds. The monoisotopic (exact) mass is 340 g/mol. The summed E-state index contributed by atoms with van der Waals surface area (Å²) in [5.74, 6) is 0.700. The van der Waals surface area contributed by atoms with E-state index < -0.39 is 0 Å². The molecule has 0 atom stereocenters. The van der Waals surface area contributed by atoms with Crippen molar-refractivity contribution in [2.45, 2.75) is 27.7 Å². The van der Waals surface area contributed by atoms with E-state index in [1.807, 2.05) is 58.0 Å². The largest absolute Gasteiger partial charge is 0.494 e. The van der Waals surface area contributed by atoms with E-state index in [-0.39, 0.29) is 5.91 Å². The Hall–Kier alpha value is -2.40. The van der Waals surface area contributed by atoms with Crippen LogP contribution in [0.25, 0.3) is 10.2 Å². The van der Waals surface area contributed by atoms with Crippen molar-refractivity contribution in [1.29, 1.82) is 0 Å². The maximum absolute atomic E-state index is 12.6. The van der Waals surface area contributed by atoms with Gasteiger partial charge in [0.05, 0.1) is 16.8 Å². The van der Waals surface area contributed by atoms with Crippen molar-refractivity contribution < 1.29 is 9.53 Å². The minimum Gasteiger partial charge on any atom is -0.494 e. The molecule has 1 N–H and O–H groups in total. The summed E-state index contributed by atoms with van der Waals surface area (Å²) in [6, 6.07) is 9.80. The van der Waals surface area contributed by atoms with Crippen LogP contribution < -0.4 is 10.1 Å². The number of hydrogen-bond donors (Lipinski definition) is 1. The van der Waals surface area contributed by atoms with Crippen molar-refractivity contribution in [1.82, 2.24) is 4.98 Å². The zero-order valence-electron chi connectivity index (χ0n) is 14.3. The molecule has 0 unspecified atom stereocenters. The van der Waals surface area contributed by atoms with Crippen molar-refractivity contribution in [3.8, 4) is 5.75 Å². The van der Waals surface area contributed by atoms with E-state index in [1.165, 1.54) is 11.3 Å². The molecule has 24 heavy (non-hydrogen) atoms. The van der Waals surface area contributed by atoms with Crippen LogP contribution in [-0.2, 0) is 0 Å². The summed E-state index contributed by atoms with van der Waals surface area (Å²) in [6.45, 7) is 8.53. The first kappa shape index (κ1) is 16.5. The number of anilines is 1. The average molecular weight is 340 g/mol. The molecule has 4 nitrogen and oxygen atoms in total. The summed E-state index contributed by atoms with van der Waals surface area (Å²) in [7, 11) is 0. The summed E-state index contributed by atoms with van der Waals surface area (Å²) in [6.07, 6.45) is 0. The lowest BCUT2D eigenvalue weighted by atomic mass is 9.99. The number of benzene rings is 2. The molecule has 5 heteroatoms. The number of nitrogens with zero attached hydrogens (tertiary/aromatic N) is 1. The second-order valence-electron chi connectivity index (χ2n) is 5.81. The molecular weight excluding hydrogens is 320 g/mol. The number of carbonyl (C=O) groups excluding carboxylic acids is 1. The first-order valence-electron chi connectivity index (χ1n) is 7.90. The molecule has 3 rings (SSSR count). The van der Waals surface area contributed by atoms with Crippen molar-refractivity contribution in [2.75, 3.05) is 11.9 Å². The van der Waals surface area contributed by atoms with Crippen molar-refractivity contribution >= 4 is 32.6 Å². The SMILES string of the molecule is CCOc1ccc2nc(NC(=O)c3c(C)cc(C)cc3C)sc2c1. The van der Waals surface area contributed by atoms with E-state index >= 15 is 0 Å². The standard InChI is InChI=1S/C19H20N2O2S/c1-5-23-14-6-7-15-16(10-14)24-19(20-15)21-18(22)17-12(3)8-11(2)9-13(17)4/h6-10H,5H2,1-4H3,(H,20,21,22). The molecule has 0 aliphatic rings. The Morgan fingerprint density at radius 2 is 1.88 bits per heavy atom. The van der Waals surface area contributed by atoms with E-state index in [4.69, 9.17) is 4.74 Å². The van der Waals surface area contributed by atoms with Gasteiger partial charge in [0.15, 0.2) is 5.13 Å². The number of thiazole rings is 1. The van der Waals surface area contributed by atoms with E-state index in [9.17, 15) is 4.79 Å². The summed E-state index contributed by atoms with van der Waals surface area (Å²) in [5.41, 5.74) is 4.69. The number of ether oxygens (including phenoxy) is 1. The molecule has 0 aliphatic carbocycles. The van der Waals surface area contributed by atoms with Crippen LogP contribution in [0.4, 0.5) is 5.13 Å². The van der Waals surface area contributed by atoms with E-state index in [1.54, 1.807) is 0 Å². The predicted molar refractivity (Wildman–Crippen MR) is 99.4 cm³/mol. The highest BCUT2D eigenvalue weighted by Crippen LogP contribution is 2.30. The number of nitrogens with one attached hydrogen (secondary N) is 1. The molecule has 1 aromatic heterocycles. The van der Waals surface area contributed by atoms with E-state index in [2.05, 4.69) is 10.3 Å². The Bertz CT molecular complexity index is 892. The molecule has 1 heterocycles. The first-order valence-corrected chi connectivity index (χ1v) is 8.72. The third-order valence-electron chi connectivity index (χ3n) is 3.80. The zero-order chi connectivity index (χ0) is 17.3. The lowest BCUT2D eigenvalue weighted by Gasteiger charge is -2.10. The van der Waals surface area contributed by atoms with Crippen LogP contribution in [0.3, 0.4) is 0 Å². The maximum atomic E-state index is 12.6. The van der Waals surface area contributed by atoms with Gasteiger partial charge < -0.3 is 4.74 Å². The van der Waals surface area contributed by atoms with Crippen LogP contribution in [0, 0.1) is 20.8 Å². The van der Waals surface area contributed by atoms with Crippen LogP contribution >= 0.6 is 11.3 Å². The number of aryl methyl sites for hydroxylation is 3. The molecule has 0 fully saturated rings. The zero-order valence-corrected chi connectivity index (χ0v) is 15.1. The van der Waals surface area contributed by atoms with Crippen LogP contribution in [0.5, 0.6) is 5.75 Å². The molecule has 0 bridgehead atoms. The summed E-state index contributed by atoms with van der Waals surface area (Å²) in [4.78, 5) is 17.1. The van der Waals surface area contributed by atoms with Gasteiger partial charge in [0, 0.05) is 5.56 Å². The van der Waals surface area contributed by atoms with Gasteiger partial charge in [0.25, 0.3) is 5.91 Å². The highest BCUT2D eigenvalue weighted by molar-refractivity contribution is 7.22. The Labute approximate surface area is 145 Å². The lowest BCUT2D eigenvalue weighted by molar-refractivity contribution is 0.102. The van der Waals surface area contributed by atoms with Crippen molar-refractivity contribution in [3.05, 3.63) is 52.6 Å². The van der Waals surface area contributed by atoms with Gasteiger partial charge in [-0.15, -0.1) is 0 Å². The Morgan fingerprint density at radius 1 is 1.17 bits per heavy atom. The van der Waals surface area contributed by atoms with E-state index in [0.29, 0.717) is 11.7 Å². The molecule has 3 aromatic rings. The van der Waals surface area contributed by atoms with Gasteiger partial charge in [-0.1, -0.05) is 29.0 Å². The number of rotatable bonds is 4. The Kier molecular flexibility index (Phi) is 4.53. The Morgan fingerprint density at radius 3 is 2.54 bits per heavy atom. The topological polar surface area (TPSA) is 51.2 Å². The molecule has 0 spiro atoms. The lowest BCUT2D eigenvalue weighted by Crippen LogP contribution is -2.15. The molecule has 0 radical (unpaired) electrons. The fourth-order valence-corrected chi connectivity index (χ4v) is 3.80. The second kappa shape index (κ2) is 6.61. The molecule has 0 aliphatic heterocycles. The van der Waals surface area contributed by atoms with Crippen LogP contribution in [0.15, 0.2) is 30.3 Å². The van der Waals surface area contributed by atoms with Gasteiger partial charge in [-0.05, 0) is 57.0 Å². The quantitative estimate of drug-likeness (QED) is 0.737. The van der Waals surface area contributed by atoms with Gasteiger partial charge in [-0.2, -0.15) is 0 Å². The maximum Gasteiger partial charge on any atom is 0.257 e. The fourth-order valence-electron chi connectivity index (χ4n) is 2.91. The first-order chi connectivity index (χ1) is 11.5. The average Bonchev–Trinajstić information content (AvgIpc) is 2.87. The van der Waals surface area contributed by atoms with Crippen LogP contribution in [0.1, 0.15) is 34.0 Å². The van der Waals surface area contributed by atoms with Crippen molar-refractivity contribution in [2.24, 2.45) is 0 Å². The highest BCUT2D eigenvalue weighted by Gasteiger charge is 2.15. The fraction of sp³-hybridized carbons (Fsp3) is 0.263. The predicted octanol–water partition coefficient (Wildman–Crippen LogP) is 4.87. The van der Waals surface area contributed by atoms with Gasteiger partial charge in [0.1, 0.15) is 5.75 Å². The number of fused-ring (bicyclic) bond motifs is 1. The minimum absolute atomic E-state index is 0.117. The Balaban J connectivity index is 1.88. The normalized spacial score (nSPS) is 10.8. The molecule has 0 saturated heterocycles. The molecule has 0 saturated carbocycles. The van der Waals surface area contributed by atoms with Crippen LogP contribution in [-0.4, -0.2) is 17.5 Å². The summed E-state index contributed by atoms with van der Waals surface area (Å²) < 4.78 is 6.50. The summed E-state index contributed by atoms with van der Waals surface area (Å²) >= 11 is 1.45. The van der Waals surface area contributed by atoms with Gasteiger partial charge in [-0.25, -0.2) is 4.98 Å². The van der Waals surface area contributed by atoms with E-state index in [0.717, 1.165) is 38.2 Å². The van der Waals surface area contributed by atoms with Gasteiger partial charge >= 0.3 is 0 Å².